The highest BCUT2D eigenvalue weighted by molar-refractivity contribution is 7.12. The molecule has 1 N–H and O–H groups in total. The first-order chi connectivity index (χ1) is 9.95. The third-order valence-corrected chi connectivity index (χ3v) is 5.32. The molecule has 0 spiro atoms. The van der Waals surface area contributed by atoms with E-state index in [0.717, 1.165) is 18.4 Å². The summed E-state index contributed by atoms with van der Waals surface area (Å²) >= 11 is 1.39. The molecule has 0 radical (unpaired) electrons. The lowest BCUT2D eigenvalue weighted by molar-refractivity contribution is -0.183. The van der Waals surface area contributed by atoms with Gasteiger partial charge in [-0.25, -0.2) is 0 Å². The Bertz CT molecular complexity index is 521. The Kier molecular flexibility index (Phi) is 3.99. The topological polar surface area (TPSA) is 29.1 Å². The van der Waals surface area contributed by atoms with E-state index in [1.54, 1.807) is 0 Å². The van der Waals surface area contributed by atoms with Gasteiger partial charge in [0.1, 0.15) is 0 Å². The lowest BCUT2D eigenvalue weighted by atomic mass is 9.85. The number of halogens is 3. The molecule has 2 nitrogen and oxygen atoms in total. The molecule has 0 saturated heterocycles. The fourth-order valence-electron chi connectivity index (χ4n) is 3.09. The van der Waals surface area contributed by atoms with Gasteiger partial charge >= 0.3 is 6.18 Å². The lowest BCUT2D eigenvalue weighted by Crippen LogP contribution is -2.41. The lowest BCUT2D eigenvalue weighted by Gasteiger charge is -2.31. The molecule has 1 aromatic rings. The fraction of sp³-hybridized carbons (Fsp3) is 0.667. The van der Waals surface area contributed by atoms with Crippen LogP contribution in [0.1, 0.15) is 59.7 Å². The monoisotopic (exact) mass is 317 g/mol. The summed E-state index contributed by atoms with van der Waals surface area (Å²) in [7, 11) is 0. The van der Waals surface area contributed by atoms with Crippen LogP contribution < -0.4 is 5.32 Å². The van der Waals surface area contributed by atoms with Crippen molar-refractivity contribution in [2.24, 2.45) is 5.92 Å². The maximum absolute atomic E-state index is 12.8. The average molecular weight is 317 g/mol. The van der Waals surface area contributed by atoms with Crippen molar-refractivity contribution in [3.63, 3.8) is 0 Å². The van der Waals surface area contributed by atoms with Gasteiger partial charge < -0.3 is 5.32 Å². The summed E-state index contributed by atoms with van der Waals surface area (Å²) < 4.78 is 38.4. The van der Waals surface area contributed by atoms with Crippen LogP contribution in [-0.4, -0.2) is 18.1 Å². The van der Waals surface area contributed by atoms with E-state index in [9.17, 15) is 18.0 Å². The van der Waals surface area contributed by atoms with E-state index in [2.05, 4.69) is 5.32 Å². The molecule has 21 heavy (non-hydrogen) atoms. The predicted molar refractivity (Wildman–Crippen MR) is 75.6 cm³/mol. The SMILES string of the molecule is O=C(N[C@H]1CCC[C@@H](C(F)(F)F)C1)c1sccc1C1CC1. The van der Waals surface area contributed by atoms with Crippen molar-refractivity contribution in [1.29, 1.82) is 0 Å². The average Bonchev–Trinajstić information content (AvgIpc) is 3.15. The normalized spacial score (nSPS) is 26.6. The first-order valence-electron chi connectivity index (χ1n) is 7.40. The Morgan fingerprint density at radius 3 is 2.67 bits per heavy atom. The van der Waals surface area contributed by atoms with Crippen molar-refractivity contribution in [2.45, 2.75) is 56.7 Å². The van der Waals surface area contributed by atoms with Gasteiger partial charge in [0, 0.05) is 6.04 Å². The zero-order valence-electron chi connectivity index (χ0n) is 11.6. The minimum Gasteiger partial charge on any atom is -0.349 e. The van der Waals surface area contributed by atoms with Crippen molar-refractivity contribution in [3.05, 3.63) is 21.9 Å². The van der Waals surface area contributed by atoms with Crippen LogP contribution in [0, 0.1) is 5.92 Å². The smallest absolute Gasteiger partial charge is 0.349 e. The van der Waals surface area contributed by atoms with E-state index < -0.39 is 12.1 Å². The Morgan fingerprint density at radius 1 is 1.24 bits per heavy atom. The van der Waals surface area contributed by atoms with Crippen molar-refractivity contribution in [1.82, 2.24) is 5.32 Å². The summed E-state index contributed by atoms with van der Waals surface area (Å²) in [5, 5.41) is 4.71. The van der Waals surface area contributed by atoms with Crippen LogP contribution in [0.5, 0.6) is 0 Å². The van der Waals surface area contributed by atoms with Crippen LogP contribution in [0.25, 0.3) is 0 Å². The number of rotatable bonds is 3. The van der Waals surface area contributed by atoms with Gasteiger partial charge in [-0.2, -0.15) is 13.2 Å². The summed E-state index contributed by atoms with van der Waals surface area (Å²) in [5.74, 6) is -0.992. The number of nitrogens with one attached hydrogen (secondary N) is 1. The zero-order valence-corrected chi connectivity index (χ0v) is 12.4. The summed E-state index contributed by atoms with van der Waals surface area (Å²) in [4.78, 5) is 13.0. The third kappa shape index (κ3) is 3.42. The number of hydrogen-bond acceptors (Lipinski definition) is 2. The minimum atomic E-state index is -4.15. The van der Waals surface area contributed by atoms with Crippen molar-refractivity contribution in [3.8, 4) is 0 Å². The van der Waals surface area contributed by atoms with Crippen molar-refractivity contribution < 1.29 is 18.0 Å². The highest BCUT2D eigenvalue weighted by atomic mass is 32.1. The number of hydrogen-bond donors (Lipinski definition) is 1. The standard InChI is InChI=1S/C15H18F3NOS/c16-15(17,18)10-2-1-3-11(8-10)19-14(20)13-12(6-7-21-13)9-4-5-9/h6-7,9-11H,1-5,8H2,(H,19,20)/t10-,11+/m1/s1. The van der Waals surface area contributed by atoms with Crippen LogP contribution in [0.15, 0.2) is 11.4 Å². The van der Waals surface area contributed by atoms with Crippen LogP contribution in [0.4, 0.5) is 13.2 Å². The molecular formula is C15H18F3NOS. The summed E-state index contributed by atoms with van der Waals surface area (Å²) in [6, 6.07) is 1.61. The summed E-state index contributed by atoms with van der Waals surface area (Å²) in [5.41, 5.74) is 1.07. The van der Waals surface area contributed by atoms with Gasteiger partial charge in [-0.1, -0.05) is 6.42 Å². The molecule has 0 aliphatic heterocycles. The molecule has 1 heterocycles. The molecule has 2 aliphatic carbocycles. The van der Waals surface area contributed by atoms with Gasteiger partial charge in [0.2, 0.25) is 0 Å². The van der Waals surface area contributed by atoms with Crippen molar-refractivity contribution in [2.75, 3.05) is 0 Å². The van der Waals surface area contributed by atoms with Gasteiger partial charge in [-0.3, -0.25) is 4.79 Å². The Hall–Kier alpha value is -1.04. The second-order valence-electron chi connectivity index (χ2n) is 6.05. The fourth-order valence-corrected chi connectivity index (χ4v) is 3.98. The van der Waals surface area contributed by atoms with E-state index in [4.69, 9.17) is 0 Å². The van der Waals surface area contributed by atoms with Crippen LogP contribution in [-0.2, 0) is 0 Å². The Labute approximate surface area is 125 Å². The van der Waals surface area contributed by atoms with Gasteiger partial charge in [-0.15, -0.1) is 11.3 Å². The molecule has 1 aromatic heterocycles. The quantitative estimate of drug-likeness (QED) is 0.875. The number of amides is 1. The molecule has 2 fully saturated rings. The van der Waals surface area contributed by atoms with Crippen LogP contribution in [0.3, 0.4) is 0 Å². The van der Waals surface area contributed by atoms with E-state index in [1.165, 1.54) is 11.3 Å². The van der Waals surface area contributed by atoms with E-state index in [1.807, 2.05) is 11.4 Å². The first kappa shape index (κ1) is 14.9. The third-order valence-electron chi connectivity index (χ3n) is 4.39. The summed E-state index contributed by atoms with van der Waals surface area (Å²) in [6.07, 6.45) is -0.572. The van der Waals surface area contributed by atoms with Gasteiger partial charge in [0.05, 0.1) is 10.8 Å². The molecule has 2 aliphatic rings. The molecule has 116 valence electrons. The largest absolute Gasteiger partial charge is 0.391 e. The zero-order chi connectivity index (χ0) is 15.0. The minimum absolute atomic E-state index is 0.0133. The maximum atomic E-state index is 12.8. The second-order valence-corrected chi connectivity index (χ2v) is 6.97. The Morgan fingerprint density at radius 2 is 2.00 bits per heavy atom. The highest BCUT2D eigenvalue weighted by Gasteiger charge is 2.42. The molecule has 0 unspecified atom stereocenters. The van der Waals surface area contributed by atoms with Crippen LogP contribution in [0.2, 0.25) is 0 Å². The summed E-state index contributed by atoms with van der Waals surface area (Å²) in [6.45, 7) is 0. The van der Waals surface area contributed by atoms with Gasteiger partial charge in [0.15, 0.2) is 0 Å². The molecule has 1 amide bonds. The highest BCUT2D eigenvalue weighted by Crippen LogP contribution is 2.43. The second kappa shape index (κ2) is 5.63. The molecular weight excluding hydrogens is 299 g/mol. The molecule has 6 heteroatoms. The van der Waals surface area contributed by atoms with Crippen LogP contribution >= 0.6 is 11.3 Å². The van der Waals surface area contributed by atoms with Crippen molar-refractivity contribution >= 4 is 17.2 Å². The number of alkyl halides is 3. The molecule has 2 atom stereocenters. The van der Waals surface area contributed by atoms with Gasteiger partial charge in [0.25, 0.3) is 5.91 Å². The molecule has 3 rings (SSSR count). The Balaban J connectivity index is 1.63. The molecule has 2 saturated carbocycles. The molecule has 0 aromatic carbocycles. The first-order valence-corrected chi connectivity index (χ1v) is 8.28. The predicted octanol–water partition coefficient (Wildman–Crippen LogP) is 4.48. The maximum Gasteiger partial charge on any atom is 0.391 e. The van der Waals surface area contributed by atoms with Gasteiger partial charge in [-0.05, 0) is 55.0 Å². The number of carbonyl (C=O) groups is 1. The van der Waals surface area contributed by atoms with E-state index >= 15 is 0 Å². The van der Waals surface area contributed by atoms with E-state index in [-0.39, 0.29) is 24.8 Å². The molecule has 0 bridgehead atoms. The van der Waals surface area contributed by atoms with E-state index in [0.29, 0.717) is 23.6 Å². The number of carbonyl (C=O) groups excluding carboxylic acids is 1. The number of thiophene rings is 1.